The van der Waals surface area contributed by atoms with Gasteiger partial charge in [-0.15, -0.1) is 0 Å². The minimum atomic E-state index is -0.351. The maximum absolute atomic E-state index is 6.03. The molecule has 1 aromatic rings. The molecule has 1 unspecified atom stereocenters. The van der Waals surface area contributed by atoms with Gasteiger partial charge in [-0.2, -0.15) is 0 Å². The number of hydrogen-bond acceptors (Lipinski definition) is 4. The molecule has 3 rings (SSSR count). The Labute approximate surface area is 114 Å². The smallest absolute Gasteiger partial charge is 0.491 e. The van der Waals surface area contributed by atoms with E-state index in [-0.39, 0.29) is 24.4 Å². The van der Waals surface area contributed by atoms with Gasteiger partial charge in [-0.1, -0.05) is 12.1 Å². The first kappa shape index (κ1) is 13.0. The molecule has 0 aliphatic carbocycles. The zero-order valence-corrected chi connectivity index (χ0v) is 11.9. The molecule has 0 bridgehead atoms. The monoisotopic (exact) mass is 261 g/mol. The average Bonchev–Trinajstić information content (AvgIpc) is 2.78. The van der Waals surface area contributed by atoms with Crippen LogP contribution in [-0.2, 0) is 9.31 Å². The molecule has 0 spiro atoms. The van der Waals surface area contributed by atoms with E-state index in [1.165, 1.54) is 0 Å². The highest BCUT2D eigenvalue weighted by Crippen LogP contribution is 2.37. The predicted molar refractivity (Wildman–Crippen MR) is 74.6 cm³/mol. The largest absolute Gasteiger partial charge is 0.494 e. The molecule has 0 radical (unpaired) electrons. The first-order valence-electron chi connectivity index (χ1n) is 6.68. The summed E-state index contributed by atoms with van der Waals surface area (Å²) in [6.45, 7) is 8.74. The number of fused-ring (bicyclic) bond motifs is 1. The maximum Gasteiger partial charge on any atom is 0.494 e. The summed E-state index contributed by atoms with van der Waals surface area (Å²) in [6, 6.07) is 5.97. The van der Waals surface area contributed by atoms with Gasteiger partial charge in [-0.25, -0.2) is 0 Å². The van der Waals surface area contributed by atoms with Gasteiger partial charge in [0.25, 0.3) is 0 Å². The van der Waals surface area contributed by atoms with Crippen molar-refractivity contribution in [1.29, 1.82) is 0 Å². The molecule has 0 aromatic heterocycles. The second-order valence-electron chi connectivity index (χ2n) is 6.30. The summed E-state index contributed by atoms with van der Waals surface area (Å²) in [5, 5.41) is 0. The van der Waals surface area contributed by atoms with Crippen molar-refractivity contribution >= 4 is 12.6 Å². The van der Waals surface area contributed by atoms with Crippen LogP contribution < -0.4 is 15.9 Å². The number of hydrogen-bond donors (Lipinski definition) is 1. The van der Waals surface area contributed by atoms with Gasteiger partial charge in [-0.05, 0) is 39.2 Å². The normalized spacial score (nSPS) is 27.2. The van der Waals surface area contributed by atoms with Gasteiger partial charge >= 0.3 is 7.12 Å². The minimum Gasteiger partial charge on any atom is -0.491 e. The van der Waals surface area contributed by atoms with Crippen molar-refractivity contribution < 1.29 is 14.0 Å². The first-order valence-corrected chi connectivity index (χ1v) is 6.68. The van der Waals surface area contributed by atoms with Crippen molar-refractivity contribution in [2.24, 2.45) is 5.73 Å². The van der Waals surface area contributed by atoms with Gasteiger partial charge < -0.3 is 19.8 Å². The Hall–Kier alpha value is -1.04. The van der Waals surface area contributed by atoms with Crippen LogP contribution in [-0.4, -0.2) is 24.9 Å². The summed E-state index contributed by atoms with van der Waals surface area (Å²) in [5.74, 6) is 0.847. The highest BCUT2D eigenvalue weighted by atomic mass is 16.7. The quantitative estimate of drug-likeness (QED) is 0.776. The SMILES string of the molecule is CC1(C)OB(c2ccc3c(c2)OCC3N)OC1(C)C. The topological polar surface area (TPSA) is 53.7 Å². The van der Waals surface area contributed by atoms with Crippen LogP contribution in [0.1, 0.15) is 39.3 Å². The van der Waals surface area contributed by atoms with Crippen molar-refractivity contribution in [2.75, 3.05) is 6.61 Å². The molecule has 1 atom stereocenters. The Morgan fingerprint density at radius 2 is 1.79 bits per heavy atom. The van der Waals surface area contributed by atoms with Crippen LogP contribution in [0.3, 0.4) is 0 Å². The minimum absolute atomic E-state index is 0.0256. The lowest BCUT2D eigenvalue weighted by molar-refractivity contribution is 0.00578. The Morgan fingerprint density at radius 3 is 2.42 bits per heavy atom. The molecule has 5 heteroatoms. The molecule has 2 aliphatic heterocycles. The lowest BCUT2D eigenvalue weighted by Gasteiger charge is -2.32. The number of ether oxygens (including phenoxy) is 1. The summed E-state index contributed by atoms with van der Waals surface area (Å²) in [7, 11) is -0.351. The zero-order chi connectivity index (χ0) is 13.8. The third-order valence-electron chi connectivity index (χ3n) is 4.38. The van der Waals surface area contributed by atoms with E-state index in [0.717, 1.165) is 16.8 Å². The summed E-state index contributed by atoms with van der Waals surface area (Å²) in [4.78, 5) is 0. The molecule has 1 aromatic carbocycles. The molecule has 4 nitrogen and oxygen atoms in total. The van der Waals surface area contributed by atoms with E-state index in [0.29, 0.717) is 6.61 Å². The van der Waals surface area contributed by atoms with E-state index in [9.17, 15) is 0 Å². The molecule has 2 N–H and O–H groups in total. The Morgan fingerprint density at radius 1 is 1.16 bits per heavy atom. The van der Waals surface area contributed by atoms with Crippen molar-refractivity contribution in [1.82, 2.24) is 0 Å². The summed E-state index contributed by atoms with van der Waals surface area (Å²) in [6.07, 6.45) is 0. The fraction of sp³-hybridized carbons (Fsp3) is 0.571. The van der Waals surface area contributed by atoms with E-state index < -0.39 is 0 Å². The summed E-state index contributed by atoms with van der Waals surface area (Å²) >= 11 is 0. The molecular weight excluding hydrogens is 241 g/mol. The lowest BCUT2D eigenvalue weighted by Crippen LogP contribution is -2.41. The van der Waals surface area contributed by atoms with E-state index in [1.807, 2.05) is 45.9 Å². The number of benzene rings is 1. The van der Waals surface area contributed by atoms with Crippen LogP contribution in [0.2, 0.25) is 0 Å². The van der Waals surface area contributed by atoms with Crippen LogP contribution >= 0.6 is 0 Å². The van der Waals surface area contributed by atoms with Gasteiger partial charge in [0, 0.05) is 5.56 Å². The molecule has 0 saturated carbocycles. The fourth-order valence-corrected chi connectivity index (χ4v) is 2.38. The molecule has 2 heterocycles. The summed E-state index contributed by atoms with van der Waals surface area (Å²) in [5.41, 5.74) is 7.33. The Bertz CT molecular complexity index is 499. The first-order chi connectivity index (χ1) is 8.80. The van der Waals surface area contributed by atoms with E-state index >= 15 is 0 Å². The summed E-state index contributed by atoms with van der Waals surface area (Å²) < 4.78 is 17.6. The Balaban J connectivity index is 1.89. The third-order valence-corrected chi connectivity index (χ3v) is 4.38. The third kappa shape index (κ3) is 1.97. The Kier molecular flexibility index (Phi) is 2.72. The molecule has 19 heavy (non-hydrogen) atoms. The van der Waals surface area contributed by atoms with Gasteiger partial charge in [0.2, 0.25) is 0 Å². The number of nitrogens with two attached hydrogens (primary N) is 1. The van der Waals surface area contributed by atoms with E-state index in [1.54, 1.807) is 0 Å². The zero-order valence-electron chi connectivity index (χ0n) is 11.9. The van der Waals surface area contributed by atoms with Gasteiger partial charge in [0.05, 0.1) is 17.2 Å². The molecule has 1 saturated heterocycles. The van der Waals surface area contributed by atoms with Crippen LogP contribution in [0.25, 0.3) is 0 Å². The second-order valence-corrected chi connectivity index (χ2v) is 6.30. The maximum atomic E-state index is 6.03. The average molecular weight is 261 g/mol. The van der Waals surface area contributed by atoms with Crippen molar-refractivity contribution in [2.45, 2.75) is 44.9 Å². The van der Waals surface area contributed by atoms with E-state index in [4.69, 9.17) is 19.8 Å². The van der Waals surface area contributed by atoms with Crippen LogP contribution in [0, 0.1) is 0 Å². The van der Waals surface area contributed by atoms with Gasteiger partial charge in [0.15, 0.2) is 0 Å². The molecule has 0 amide bonds. The van der Waals surface area contributed by atoms with Crippen LogP contribution in [0.15, 0.2) is 18.2 Å². The standard InChI is InChI=1S/C14H20BNO3/c1-13(2)14(3,4)19-15(18-13)9-5-6-10-11(16)8-17-12(10)7-9/h5-7,11H,8,16H2,1-4H3. The van der Waals surface area contributed by atoms with Crippen LogP contribution in [0.4, 0.5) is 0 Å². The van der Waals surface area contributed by atoms with Gasteiger partial charge in [-0.3, -0.25) is 0 Å². The van der Waals surface area contributed by atoms with Gasteiger partial charge in [0.1, 0.15) is 12.4 Å². The molecular formula is C14H20BNO3. The van der Waals surface area contributed by atoms with Crippen molar-refractivity contribution in [3.8, 4) is 5.75 Å². The second kappa shape index (κ2) is 3.98. The fourth-order valence-electron chi connectivity index (χ4n) is 2.38. The highest BCUT2D eigenvalue weighted by Gasteiger charge is 2.51. The van der Waals surface area contributed by atoms with Crippen LogP contribution in [0.5, 0.6) is 5.75 Å². The highest BCUT2D eigenvalue weighted by molar-refractivity contribution is 6.62. The number of rotatable bonds is 1. The lowest BCUT2D eigenvalue weighted by atomic mass is 9.78. The molecule has 2 aliphatic rings. The predicted octanol–water partition coefficient (Wildman–Crippen LogP) is 1.38. The van der Waals surface area contributed by atoms with Crippen molar-refractivity contribution in [3.63, 3.8) is 0 Å². The van der Waals surface area contributed by atoms with Crippen molar-refractivity contribution in [3.05, 3.63) is 23.8 Å². The van der Waals surface area contributed by atoms with E-state index in [2.05, 4.69) is 0 Å². The molecule has 1 fully saturated rings. The molecule has 102 valence electrons.